The van der Waals surface area contributed by atoms with Gasteiger partial charge in [-0.05, 0) is 30.0 Å². The van der Waals surface area contributed by atoms with Gasteiger partial charge in [0.25, 0.3) is 5.91 Å². The van der Waals surface area contributed by atoms with Crippen molar-refractivity contribution in [2.24, 2.45) is 16.0 Å². The number of thioether (sulfide) groups is 1. The number of nitrogens with zero attached hydrogens (tertiary/aromatic N) is 3. The van der Waals surface area contributed by atoms with E-state index in [0.717, 1.165) is 5.04 Å². The lowest BCUT2D eigenvalue weighted by molar-refractivity contribution is -0.114. The van der Waals surface area contributed by atoms with E-state index in [-0.39, 0.29) is 17.3 Å². The number of hydrogen-bond acceptors (Lipinski definition) is 5. The van der Waals surface area contributed by atoms with Crippen LogP contribution in [0.1, 0.15) is 19.6 Å². The van der Waals surface area contributed by atoms with Crippen molar-refractivity contribution in [1.29, 1.82) is 5.41 Å². The monoisotopic (exact) mass is 288 g/mol. The van der Waals surface area contributed by atoms with Gasteiger partial charge in [0.1, 0.15) is 10.8 Å². The summed E-state index contributed by atoms with van der Waals surface area (Å²) in [5.41, 5.74) is 0.179. The third kappa shape index (κ3) is 2.09. The number of hydrogen-bond donors (Lipinski definition) is 1. The topological polar surface area (TPSA) is 82.0 Å². The molecule has 0 aliphatic carbocycles. The summed E-state index contributed by atoms with van der Waals surface area (Å²) in [6.07, 6.45) is 3.03. The van der Waals surface area contributed by atoms with Crippen LogP contribution in [0, 0.1) is 11.3 Å². The fourth-order valence-electron chi connectivity index (χ4n) is 1.76. The highest BCUT2D eigenvalue weighted by Gasteiger charge is 2.36. The van der Waals surface area contributed by atoms with Crippen molar-refractivity contribution in [3.05, 3.63) is 29.7 Å². The average Bonchev–Trinajstić information content (AvgIpc) is 3.03. The highest BCUT2D eigenvalue weighted by atomic mass is 32.2. The second kappa shape index (κ2) is 4.75. The zero-order chi connectivity index (χ0) is 14.3. The molecule has 0 radical (unpaired) electrons. The second-order valence-corrected chi connectivity index (χ2v) is 5.62. The van der Waals surface area contributed by atoms with Crippen molar-refractivity contribution in [3.63, 3.8) is 0 Å². The average molecular weight is 288 g/mol. The quantitative estimate of drug-likeness (QED) is 0.848. The van der Waals surface area contributed by atoms with Crippen LogP contribution in [0.5, 0.6) is 0 Å². The zero-order valence-electron chi connectivity index (χ0n) is 11.0. The number of carbonyl (C=O) groups excluding carboxylic acids is 1. The van der Waals surface area contributed by atoms with Crippen molar-refractivity contribution in [1.82, 2.24) is 5.01 Å². The van der Waals surface area contributed by atoms with Gasteiger partial charge in [-0.15, -0.1) is 0 Å². The molecule has 1 N–H and O–H groups in total. The largest absolute Gasteiger partial charge is 0.465 e. The van der Waals surface area contributed by atoms with E-state index >= 15 is 0 Å². The van der Waals surface area contributed by atoms with E-state index in [0.29, 0.717) is 10.9 Å². The van der Waals surface area contributed by atoms with Gasteiger partial charge in [-0.3, -0.25) is 10.2 Å². The molecule has 0 saturated carbocycles. The van der Waals surface area contributed by atoms with Gasteiger partial charge in [-0.2, -0.15) is 15.1 Å². The molecular weight excluding hydrogens is 276 g/mol. The smallest absolute Gasteiger partial charge is 0.283 e. The lowest BCUT2D eigenvalue weighted by Crippen LogP contribution is -2.35. The predicted octanol–water partition coefficient (Wildman–Crippen LogP) is 2.55. The summed E-state index contributed by atoms with van der Waals surface area (Å²) in [6.45, 7) is 4.02. The molecule has 0 atom stereocenters. The maximum Gasteiger partial charge on any atom is 0.283 e. The Bertz CT molecular complexity index is 671. The van der Waals surface area contributed by atoms with Gasteiger partial charge in [0.05, 0.1) is 11.8 Å². The molecule has 1 aromatic rings. The molecule has 0 bridgehead atoms. The Hall–Kier alpha value is -2.15. The highest BCUT2D eigenvalue weighted by Crippen LogP contribution is 2.30. The van der Waals surface area contributed by atoms with Crippen LogP contribution in [0.2, 0.25) is 0 Å². The van der Waals surface area contributed by atoms with E-state index in [2.05, 4.69) is 10.1 Å². The molecule has 3 rings (SSSR count). The molecular formula is C13H12N4O2S. The summed E-state index contributed by atoms with van der Waals surface area (Å²) in [7, 11) is 0. The SMILES string of the molecule is CC(C)C1=NN2C(=N)/C(=C/c3ccco3)C(=O)N=C2S1. The number of hydrazone groups is 1. The minimum atomic E-state index is -0.439. The maximum atomic E-state index is 12.0. The molecule has 2 aliphatic rings. The Kier molecular flexibility index (Phi) is 3.06. The predicted molar refractivity (Wildman–Crippen MR) is 78.6 cm³/mol. The van der Waals surface area contributed by atoms with Gasteiger partial charge in [0.15, 0.2) is 5.84 Å². The molecule has 0 unspecified atom stereocenters. The molecule has 0 fully saturated rings. The van der Waals surface area contributed by atoms with E-state index in [1.807, 2.05) is 13.8 Å². The van der Waals surface area contributed by atoms with Gasteiger partial charge in [-0.25, -0.2) is 0 Å². The molecule has 102 valence electrons. The van der Waals surface area contributed by atoms with Crippen LogP contribution in [-0.2, 0) is 4.79 Å². The standard InChI is InChI=1S/C13H12N4O2S/c1-7(2)12-16-17-10(14)9(6-8-4-3-5-19-8)11(18)15-13(17)20-12/h3-7,14H,1-2H3/b9-6-,14-10?. The first kappa shape index (κ1) is 12.9. The van der Waals surface area contributed by atoms with Gasteiger partial charge in [0, 0.05) is 5.92 Å². The number of amidine groups is 2. The van der Waals surface area contributed by atoms with Gasteiger partial charge in [0.2, 0.25) is 5.17 Å². The molecule has 2 aliphatic heterocycles. The fraction of sp³-hybridized carbons (Fsp3) is 0.231. The first-order valence-electron chi connectivity index (χ1n) is 6.10. The molecule has 0 spiro atoms. The summed E-state index contributed by atoms with van der Waals surface area (Å²) in [5, 5.41) is 15.2. The minimum Gasteiger partial charge on any atom is -0.465 e. The van der Waals surface area contributed by atoms with E-state index < -0.39 is 5.91 Å². The van der Waals surface area contributed by atoms with E-state index in [4.69, 9.17) is 9.83 Å². The molecule has 0 aromatic carbocycles. The lowest BCUT2D eigenvalue weighted by atomic mass is 10.1. The first-order chi connectivity index (χ1) is 9.56. The Morgan fingerprint density at radius 2 is 2.30 bits per heavy atom. The maximum absolute atomic E-state index is 12.0. The first-order valence-corrected chi connectivity index (χ1v) is 6.91. The number of aliphatic imine (C=N–C) groups is 1. The lowest BCUT2D eigenvalue weighted by Gasteiger charge is -2.19. The van der Waals surface area contributed by atoms with Crippen LogP contribution in [-0.4, -0.2) is 27.0 Å². The third-order valence-electron chi connectivity index (χ3n) is 2.79. The Morgan fingerprint density at radius 3 is 2.95 bits per heavy atom. The summed E-state index contributed by atoms with van der Waals surface area (Å²) in [5.74, 6) is 0.329. The molecule has 1 amide bonds. The van der Waals surface area contributed by atoms with Crippen LogP contribution >= 0.6 is 11.8 Å². The van der Waals surface area contributed by atoms with Crippen LogP contribution < -0.4 is 0 Å². The number of nitrogens with one attached hydrogen (secondary N) is 1. The summed E-state index contributed by atoms with van der Waals surface area (Å²) < 4.78 is 5.17. The van der Waals surface area contributed by atoms with E-state index in [1.54, 1.807) is 12.1 Å². The Labute approximate surface area is 119 Å². The number of amides is 1. The highest BCUT2D eigenvalue weighted by molar-refractivity contribution is 8.27. The number of fused-ring (bicyclic) bond motifs is 1. The van der Waals surface area contributed by atoms with Gasteiger partial charge < -0.3 is 4.42 Å². The van der Waals surface area contributed by atoms with Gasteiger partial charge in [-0.1, -0.05) is 13.8 Å². The van der Waals surface area contributed by atoms with Crippen molar-refractivity contribution < 1.29 is 9.21 Å². The molecule has 6 nitrogen and oxygen atoms in total. The van der Waals surface area contributed by atoms with Crippen LogP contribution in [0.4, 0.5) is 0 Å². The minimum absolute atomic E-state index is 0.0274. The zero-order valence-corrected chi connectivity index (χ0v) is 11.8. The normalized spacial score (nSPS) is 20.6. The summed E-state index contributed by atoms with van der Waals surface area (Å²) in [6, 6.07) is 3.44. The van der Waals surface area contributed by atoms with Crippen LogP contribution in [0.25, 0.3) is 6.08 Å². The molecule has 3 heterocycles. The molecule has 1 aromatic heterocycles. The molecule has 7 heteroatoms. The molecule has 0 saturated heterocycles. The van der Waals surface area contributed by atoms with Crippen LogP contribution in [0.15, 0.2) is 38.5 Å². The summed E-state index contributed by atoms with van der Waals surface area (Å²) in [4.78, 5) is 16.0. The fourth-order valence-corrected chi connectivity index (χ4v) is 2.65. The van der Waals surface area contributed by atoms with Crippen molar-refractivity contribution in [3.8, 4) is 0 Å². The van der Waals surface area contributed by atoms with E-state index in [1.165, 1.54) is 29.1 Å². The number of rotatable bonds is 2. The van der Waals surface area contributed by atoms with Gasteiger partial charge >= 0.3 is 0 Å². The number of carbonyl (C=O) groups is 1. The van der Waals surface area contributed by atoms with E-state index in [9.17, 15) is 4.79 Å². The van der Waals surface area contributed by atoms with Crippen molar-refractivity contribution >= 4 is 39.8 Å². The molecule has 20 heavy (non-hydrogen) atoms. The van der Waals surface area contributed by atoms with Crippen LogP contribution in [0.3, 0.4) is 0 Å². The third-order valence-corrected chi connectivity index (χ3v) is 4.00. The Morgan fingerprint density at radius 1 is 1.50 bits per heavy atom. The van der Waals surface area contributed by atoms with Crippen molar-refractivity contribution in [2.75, 3.05) is 0 Å². The van der Waals surface area contributed by atoms with Crippen molar-refractivity contribution in [2.45, 2.75) is 13.8 Å². The second-order valence-electron chi connectivity index (χ2n) is 4.63. The summed E-state index contributed by atoms with van der Waals surface area (Å²) >= 11 is 1.33. The number of furan rings is 1. The Balaban J connectivity index is 1.99.